The smallest absolute Gasteiger partial charge is 0.241 e. The third-order valence-corrected chi connectivity index (χ3v) is 5.59. The first-order chi connectivity index (χ1) is 12.9. The van der Waals surface area contributed by atoms with Gasteiger partial charge in [-0.3, -0.25) is 4.79 Å². The summed E-state index contributed by atoms with van der Waals surface area (Å²) >= 11 is 0. The molecule has 0 unspecified atom stereocenters. The van der Waals surface area contributed by atoms with E-state index in [0.29, 0.717) is 22.2 Å². The van der Waals surface area contributed by atoms with Crippen LogP contribution in [0.15, 0.2) is 65.6 Å². The molecule has 7 heteroatoms. The van der Waals surface area contributed by atoms with Crippen molar-refractivity contribution in [2.24, 2.45) is 0 Å². The van der Waals surface area contributed by atoms with E-state index in [9.17, 15) is 13.2 Å². The lowest BCUT2D eigenvalue weighted by Gasteiger charge is -2.13. The third kappa shape index (κ3) is 4.10. The van der Waals surface area contributed by atoms with Crippen LogP contribution >= 0.6 is 0 Å². The molecule has 1 amide bonds. The van der Waals surface area contributed by atoms with Crippen LogP contribution < -0.4 is 14.8 Å². The molecule has 0 saturated carbocycles. The Balaban J connectivity index is 1.97. The lowest BCUT2D eigenvalue weighted by molar-refractivity contribution is -0.114. The fourth-order valence-electron chi connectivity index (χ4n) is 2.91. The van der Waals surface area contributed by atoms with Gasteiger partial charge in [0.2, 0.25) is 15.9 Å². The predicted octanol–water partition coefficient (Wildman–Crippen LogP) is 3.29. The first-order valence-corrected chi connectivity index (χ1v) is 9.81. The molecule has 0 aliphatic carbocycles. The van der Waals surface area contributed by atoms with Gasteiger partial charge in [0.25, 0.3) is 0 Å². The van der Waals surface area contributed by atoms with Crippen LogP contribution in [0.1, 0.15) is 12.5 Å². The standard InChI is InChI=1S/C20H20N2O4S/c1-14(23)22-18-10-5-9-17-16(18)8-6-12-20(17)27(24,25)21-13-15-7-3-4-11-19(15)26-2/h3-12,21H,13H2,1-2H3,(H,22,23). The Morgan fingerprint density at radius 3 is 2.41 bits per heavy atom. The van der Waals surface area contributed by atoms with E-state index in [1.54, 1.807) is 55.6 Å². The minimum Gasteiger partial charge on any atom is -0.496 e. The van der Waals surface area contributed by atoms with Crippen molar-refractivity contribution in [3.63, 3.8) is 0 Å². The summed E-state index contributed by atoms with van der Waals surface area (Å²) < 4.78 is 33.7. The summed E-state index contributed by atoms with van der Waals surface area (Å²) in [6.45, 7) is 1.52. The average Bonchev–Trinajstić information content (AvgIpc) is 2.66. The second kappa shape index (κ2) is 7.77. The van der Waals surface area contributed by atoms with Gasteiger partial charge in [-0.25, -0.2) is 13.1 Å². The maximum absolute atomic E-state index is 12.9. The van der Waals surface area contributed by atoms with Gasteiger partial charge in [-0.15, -0.1) is 0 Å². The molecule has 6 nitrogen and oxygen atoms in total. The van der Waals surface area contributed by atoms with E-state index in [1.807, 2.05) is 12.1 Å². The number of sulfonamides is 1. The quantitative estimate of drug-likeness (QED) is 0.683. The molecule has 0 heterocycles. The molecule has 0 atom stereocenters. The van der Waals surface area contributed by atoms with Crippen molar-refractivity contribution >= 4 is 32.4 Å². The van der Waals surface area contributed by atoms with Crippen molar-refractivity contribution in [3.05, 3.63) is 66.2 Å². The van der Waals surface area contributed by atoms with E-state index in [1.165, 1.54) is 6.92 Å². The van der Waals surface area contributed by atoms with Crippen LogP contribution in [0, 0.1) is 0 Å². The van der Waals surface area contributed by atoms with E-state index in [-0.39, 0.29) is 17.3 Å². The number of ether oxygens (including phenoxy) is 1. The molecule has 27 heavy (non-hydrogen) atoms. The van der Waals surface area contributed by atoms with Gasteiger partial charge < -0.3 is 10.1 Å². The summed E-state index contributed by atoms with van der Waals surface area (Å²) in [6, 6.07) is 17.4. The van der Waals surface area contributed by atoms with E-state index < -0.39 is 10.0 Å². The minimum atomic E-state index is -3.77. The normalized spacial score (nSPS) is 11.3. The highest BCUT2D eigenvalue weighted by Gasteiger charge is 2.18. The number of methoxy groups -OCH3 is 1. The van der Waals surface area contributed by atoms with Gasteiger partial charge in [0.05, 0.1) is 12.0 Å². The molecule has 0 radical (unpaired) electrons. The Kier molecular flexibility index (Phi) is 5.43. The number of carbonyl (C=O) groups is 1. The molecule has 0 aliphatic rings. The van der Waals surface area contributed by atoms with Crippen LogP contribution in [0.2, 0.25) is 0 Å². The van der Waals surface area contributed by atoms with Gasteiger partial charge in [0, 0.05) is 35.5 Å². The van der Waals surface area contributed by atoms with E-state index in [4.69, 9.17) is 4.74 Å². The number of para-hydroxylation sites is 1. The molecule has 3 aromatic rings. The average molecular weight is 384 g/mol. The SMILES string of the molecule is COc1ccccc1CNS(=O)(=O)c1cccc2c(NC(C)=O)cccc12. The molecule has 0 spiro atoms. The van der Waals surface area contributed by atoms with Crippen molar-refractivity contribution < 1.29 is 17.9 Å². The minimum absolute atomic E-state index is 0.105. The van der Waals surface area contributed by atoms with Gasteiger partial charge >= 0.3 is 0 Å². The number of anilines is 1. The van der Waals surface area contributed by atoms with E-state index in [0.717, 1.165) is 5.56 Å². The second-order valence-electron chi connectivity index (χ2n) is 5.97. The first-order valence-electron chi connectivity index (χ1n) is 8.33. The highest BCUT2D eigenvalue weighted by atomic mass is 32.2. The number of carbonyl (C=O) groups excluding carboxylic acids is 1. The number of amides is 1. The van der Waals surface area contributed by atoms with E-state index >= 15 is 0 Å². The van der Waals surface area contributed by atoms with Crippen molar-refractivity contribution in [2.75, 3.05) is 12.4 Å². The number of hydrogen-bond donors (Lipinski definition) is 2. The molecule has 0 aliphatic heterocycles. The topological polar surface area (TPSA) is 84.5 Å². The molecular formula is C20H20N2O4S. The lowest BCUT2D eigenvalue weighted by atomic mass is 10.1. The van der Waals surface area contributed by atoms with Crippen LogP contribution in [0.3, 0.4) is 0 Å². The van der Waals surface area contributed by atoms with Crippen molar-refractivity contribution in [3.8, 4) is 5.75 Å². The summed E-state index contributed by atoms with van der Waals surface area (Å²) in [4.78, 5) is 11.6. The summed E-state index contributed by atoms with van der Waals surface area (Å²) in [5, 5.41) is 3.93. The zero-order valence-electron chi connectivity index (χ0n) is 15.0. The molecule has 0 fully saturated rings. The number of benzene rings is 3. The molecular weight excluding hydrogens is 364 g/mol. The highest BCUT2D eigenvalue weighted by Crippen LogP contribution is 2.29. The predicted molar refractivity (Wildman–Crippen MR) is 105 cm³/mol. The second-order valence-corrected chi connectivity index (χ2v) is 7.71. The fourth-order valence-corrected chi connectivity index (χ4v) is 4.14. The van der Waals surface area contributed by atoms with Gasteiger partial charge in [0.1, 0.15) is 5.75 Å². The Hall–Kier alpha value is -2.90. The van der Waals surface area contributed by atoms with Crippen LogP contribution in [-0.4, -0.2) is 21.4 Å². The monoisotopic (exact) mass is 384 g/mol. The largest absolute Gasteiger partial charge is 0.496 e. The first kappa shape index (κ1) is 18.9. The Bertz CT molecular complexity index is 1090. The number of fused-ring (bicyclic) bond motifs is 1. The third-order valence-electron chi connectivity index (χ3n) is 4.13. The fraction of sp³-hybridized carbons (Fsp3) is 0.150. The molecule has 0 aromatic heterocycles. The van der Waals surface area contributed by atoms with Gasteiger partial charge in [0.15, 0.2) is 0 Å². The summed E-state index contributed by atoms with van der Waals surface area (Å²) in [5.74, 6) is 0.399. The summed E-state index contributed by atoms with van der Waals surface area (Å²) in [7, 11) is -2.23. The molecule has 0 bridgehead atoms. The van der Waals surface area contributed by atoms with Gasteiger partial charge in [-0.05, 0) is 18.2 Å². The van der Waals surface area contributed by atoms with Crippen LogP contribution in [0.25, 0.3) is 10.8 Å². The molecule has 0 saturated heterocycles. The van der Waals surface area contributed by atoms with Crippen LogP contribution in [0.5, 0.6) is 5.75 Å². The van der Waals surface area contributed by atoms with Crippen LogP contribution in [-0.2, 0) is 21.4 Å². The van der Waals surface area contributed by atoms with Crippen molar-refractivity contribution in [2.45, 2.75) is 18.4 Å². The molecule has 3 rings (SSSR count). The highest BCUT2D eigenvalue weighted by molar-refractivity contribution is 7.89. The molecule has 2 N–H and O–H groups in total. The van der Waals surface area contributed by atoms with Crippen LogP contribution in [0.4, 0.5) is 5.69 Å². The van der Waals surface area contributed by atoms with Crippen molar-refractivity contribution in [1.29, 1.82) is 0 Å². The molecule has 140 valence electrons. The summed E-state index contributed by atoms with van der Waals surface area (Å²) in [6.07, 6.45) is 0. The lowest BCUT2D eigenvalue weighted by Crippen LogP contribution is -2.23. The maximum Gasteiger partial charge on any atom is 0.241 e. The van der Waals surface area contributed by atoms with Gasteiger partial charge in [-0.1, -0.05) is 42.5 Å². The Labute approximate surface area is 158 Å². The Morgan fingerprint density at radius 1 is 0.963 bits per heavy atom. The maximum atomic E-state index is 12.9. The van der Waals surface area contributed by atoms with E-state index in [2.05, 4.69) is 10.0 Å². The van der Waals surface area contributed by atoms with Crippen molar-refractivity contribution in [1.82, 2.24) is 4.72 Å². The Morgan fingerprint density at radius 2 is 1.67 bits per heavy atom. The zero-order chi connectivity index (χ0) is 19.4. The number of nitrogens with one attached hydrogen (secondary N) is 2. The zero-order valence-corrected chi connectivity index (χ0v) is 15.8. The number of hydrogen-bond acceptors (Lipinski definition) is 4. The molecule has 3 aromatic carbocycles. The number of rotatable bonds is 6. The summed E-state index contributed by atoms with van der Waals surface area (Å²) in [5.41, 5.74) is 1.31. The van der Waals surface area contributed by atoms with Gasteiger partial charge in [-0.2, -0.15) is 0 Å².